The van der Waals surface area contributed by atoms with Crippen LogP contribution in [0.15, 0.2) is 36.7 Å². The Kier molecular flexibility index (Phi) is 3.37. The highest BCUT2D eigenvalue weighted by Gasteiger charge is 2.01. The number of nitrogens with zero attached hydrogens (tertiary/aromatic N) is 2. The van der Waals surface area contributed by atoms with Crippen molar-refractivity contribution in [3.05, 3.63) is 41.7 Å². The van der Waals surface area contributed by atoms with Crippen molar-refractivity contribution in [3.8, 4) is 11.3 Å². The molecule has 82 valence electrons. The first-order chi connectivity index (χ1) is 7.79. The van der Waals surface area contributed by atoms with Crippen LogP contribution in [0.25, 0.3) is 11.3 Å². The van der Waals surface area contributed by atoms with Crippen molar-refractivity contribution in [1.82, 2.24) is 9.97 Å². The van der Waals surface area contributed by atoms with Gasteiger partial charge in [0.1, 0.15) is 12.1 Å². The molecular weight excluding hydrogens is 222 g/mol. The third-order valence-electron chi connectivity index (χ3n) is 2.15. The summed E-state index contributed by atoms with van der Waals surface area (Å²) in [4.78, 5) is 8.35. The number of halogens is 1. The van der Waals surface area contributed by atoms with Crippen molar-refractivity contribution in [1.29, 1.82) is 0 Å². The van der Waals surface area contributed by atoms with Crippen LogP contribution in [0.4, 0.5) is 5.82 Å². The lowest BCUT2D eigenvalue weighted by atomic mass is 10.1. The van der Waals surface area contributed by atoms with Crippen LogP contribution in [0.2, 0.25) is 5.02 Å². The number of nitrogens with one attached hydrogen (secondary N) is 1. The van der Waals surface area contributed by atoms with E-state index < -0.39 is 0 Å². The van der Waals surface area contributed by atoms with Crippen LogP contribution < -0.4 is 5.32 Å². The largest absolute Gasteiger partial charge is 0.370 e. The van der Waals surface area contributed by atoms with Crippen molar-refractivity contribution in [2.24, 2.45) is 0 Å². The molecule has 0 saturated heterocycles. The fraction of sp³-hybridized carbons (Fsp3) is 0.167. The molecule has 0 amide bonds. The lowest BCUT2D eigenvalue weighted by Crippen LogP contribution is -1.99. The fourth-order valence-electron chi connectivity index (χ4n) is 1.44. The number of hydrogen-bond donors (Lipinski definition) is 1. The molecule has 0 unspecified atom stereocenters. The molecule has 0 radical (unpaired) electrons. The molecule has 1 aromatic heterocycles. The molecule has 2 rings (SSSR count). The molecular formula is C12H12ClN3. The molecule has 0 atom stereocenters. The predicted molar refractivity (Wildman–Crippen MR) is 66.6 cm³/mol. The molecule has 1 N–H and O–H groups in total. The van der Waals surface area contributed by atoms with Crippen LogP contribution in [-0.4, -0.2) is 16.5 Å². The minimum Gasteiger partial charge on any atom is -0.370 e. The second-order valence-electron chi connectivity index (χ2n) is 3.33. The highest BCUT2D eigenvalue weighted by molar-refractivity contribution is 6.30. The number of benzene rings is 1. The fourth-order valence-corrected chi connectivity index (χ4v) is 1.63. The summed E-state index contributed by atoms with van der Waals surface area (Å²) in [7, 11) is 0. The highest BCUT2D eigenvalue weighted by Crippen LogP contribution is 2.21. The van der Waals surface area contributed by atoms with Gasteiger partial charge in [0.05, 0.1) is 5.69 Å². The van der Waals surface area contributed by atoms with Crippen molar-refractivity contribution >= 4 is 17.4 Å². The summed E-state index contributed by atoms with van der Waals surface area (Å²) >= 11 is 5.94. The van der Waals surface area contributed by atoms with Crippen molar-refractivity contribution in [2.75, 3.05) is 11.9 Å². The maximum Gasteiger partial charge on any atom is 0.129 e. The second kappa shape index (κ2) is 4.94. The lowest BCUT2D eigenvalue weighted by Gasteiger charge is -2.04. The minimum absolute atomic E-state index is 0.709. The molecule has 0 aliphatic rings. The summed E-state index contributed by atoms with van der Waals surface area (Å²) < 4.78 is 0. The van der Waals surface area contributed by atoms with Crippen LogP contribution in [-0.2, 0) is 0 Å². The minimum atomic E-state index is 0.709. The second-order valence-corrected chi connectivity index (χ2v) is 3.77. The first-order valence-corrected chi connectivity index (χ1v) is 5.49. The standard InChI is InChI=1S/C12H12ClN3/c1-2-14-12-7-11(15-8-16-12)9-4-3-5-10(13)6-9/h3-8H,2H2,1H3,(H,14,15,16). The van der Waals surface area contributed by atoms with Gasteiger partial charge in [-0.05, 0) is 19.1 Å². The third-order valence-corrected chi connectivity index (χ3v) is 2.38. The molecule has 0 fully saturated rings. The highest BCUT2D eigenvalue weighted by atomic mass is 35.5. The molecule has 0 bridgehead atoms. The van der Waals surface area contributed by atoms with Crippen LogP contribution >= 0.6 is 11.6 Å². The SMILES string of the molecule is CCNc1cc(-c2cccc(Cl)c2)ncn1. The monoisotopic (exact) mass is 233 g/mol. The predicted octanol–water partition coefficient (Wildman–Crippen LogP) is 3.23. The summed E-state index contributed by atoms with van der Waals surface area (Å²) in [6.45, 7) is 2.87. The van der Waals surface area contributed by atoms with E-state index >= 15 is 0 Å². The topological polar surface area (TPSA) is 37.8 Å². The molecule has 16 heavy (non-hydrogen) atoms. The van der Waals surface area contributed by atoms with Crippen LogP contribution in [0, 0.1) is 0 Å². The first-order valence-electron chi connectivity index (χ1n) is 5.11. The Bertz CT molecular complexity index is 485. The zero-order valence-electron chi connectivity index (χ0n) is 8.94. The van der Waals surface area contributed by atoms with E-state index in [4.69, 9.17) is 11.6 Å². The molecule has 1 heterocycles. The van der Waals surface area contributed by atoms with Gasteiger partial charge >= 0.3 is 0 Å². The van der Waals surface area contributed by atoms with Gasteiger partial charge in [-0.2, -0.15) is 0 Å². The molecule has 0 aliphatic carbocycles. The average molecular weight is 234 g/mol. The van der Waals surface area contributed by atoms with E-state index in [0.29, 0.717) is 5.02 Å². The number of rotatable bonds is 3. The Morgan fingerprint density at radius 1 is 1.25 bits per heavy atom. The normalized spacial score (nSPS) is 10.1. The number of hydrogen-bond acceptors (Lipinski definition) is 3. The van der Waals surface area contributed by atoms with Gasteiger partial charge in [-0.25, -0.2) is 9.97 Å². The molecule has 3 nitrogen and oxygen atoms in total. The van der Waals surface area contributed by atoms with Gasteiger partial charge < -0.3 is 5.32 Å². The Morgan fingerprint density at radius 3 is 2.88 bits per heavy atom. The number of aromatic nitrogens is 2. The smallest absolute Gasteiger partial charge is 0.129 e. The van der Waals surface area contributed by atoms with Crippen molar-refractivity contribution in [3.63, 3.8) is 0 Å². The molecule has 0 saturated carbocycles. The Hall–Kier alpha value is -1.61. The van der Waals surface area contributed by atoms with Crippen molar-refractivity contribution < 1.29 is 0 Å². The number of anilines is 1. The zero-order valence-corrected chi connectivity index (χ0v) is 9.70. The summed E-state index contributed by atoms with van der Waals surface area (Å²) in [5.41, 5.74) is 1.86. The summed E-state index contributed by atoms with van der Waals surface area (Å²) in [5.74, 6) is 0.826. The molecule has 0 aliphatic heterocycles. The third kappa shape index (κ3) is 2.49. The first kappa shape index (κ1) is 10.9. The van der Waals surface area contributed by atoms with E-state index in [1.165, 1.54) is 0 Å². The van der Waals surface area contributed by atoms with Gasteiger partial charge in [-0.3, -0.25) is 0 Å². The summed E-state index contributed by atoms with van der Waals surface area (Å²) in [5, 5.41) is 3.86. The maximum absolute atomic E-state index is 5.94. The average Bonchev–Trinajstić information content (AvgIpc) is 2.30. The van der Waals surface area contributed by atoms with Crippen molar-refractivity contribution in [2.45, 2.75) is 6.92 Å². The molecule has 4 heteroatoms. The Balaban J connectivity index is 2.36. The van der Waals surface area contributed by atoms with Gasteiger partial charge in [0.25, 0.3) is 0 Å². The molecule has 0 spiro atoms. The van der Waals surface area contributed by atoms with Crippen LogP contribution in [0.1, 0.15) is 6.92 Å². The zero-order chi connectivity index (χ0) is 11.4. The van der Waals surface area contributed by atoms with E-state index in [0.717, 1.165) is 23.6 Å². The van der Waals surface area contributed by atoms with E-state index in [-0.39, 0.29) is 0 Å². The van der Waals surface area contributed by atoms with Gasteiger partial charge in [-0.1, -0.05) is 23.7 Å². The van der Waals surface area contributed by atoms with Crippen LogP contribution in [0.3, 0.4) is 0 Å². The van der Waals surface area contributed by atoms with Crippen LogP contribution in [0.5, 0.6) is 0 Å². The van der Waals surface area contributed by atoms with Gasteiger partial charge in [-0.15, -0.1) is 0 Å². The maximum atomic E-state index is 5.94. The summed E-state index contributed by atoms with van der Waals surface area (Å²) in [6, 6.07) is 9.53. The Labute approximate surface area is 99.5 Å². The van der Waals surface area contributed by atoms with E-state index in [1.807, 2.05) is 37.3 Å². The van der Waals surface area contributed by atoms with E-state index in [2.05, 4.69) is 15.3 Å². The lowest BCUT2D eigenvalue weighted by molar-refractivity contribution is 1.11. The van der Waals surface area contributed by atoms with Gasteiger partial charge in [0, 0.05) is 23.2 Å². The van der Waals surface area contributed by atoms with E-state index in [1.54, 1.807) is 6.33 Å². The molecule has 2 aromatic rings. The van der Waals surface area contributed by atoms with Gasteiger partial charge in [0.2, 0.25) is 0 Å². The van der Waals surface area contributed by atoms with Gasteiger partial charge in [0.15, 0.2) is 0 Å². The Morgan fingerprint density at radius 2 is 2.12 bits per heavy atom. The summed E-state index contributed by atoms with van der Waals surface area (Å²) in [6.07, 6.45) is 1.55. The molecule has 1 aromatic carbocycles. The van der Waals surface area contributed by atoms with E-state index in [9.17, 15) is 0 Å². The quantitative estimate of drug-likeness (QED) is 0.885.